The quantitative estimate of drug-likeness (QED) is 0.899. The number of hydrogen-bond donors (Lipinski definition) is 1. The molecule has 0 spiro atoms. The predicted octanol–water partition coefficient (Wildman–Crippen LogP) is 2.08. The van der Waals surface area contributed by atoms with Gasteiger partial charge < -0.3 is 19.5 Å². The average Bonchev–Trinajstić information content (AvgIpc) is 2.75. The highest BCUT2D eigenvalue weighted by Gasteiger charge is 2.25. The molecule has 1 aromatic carbocycles. The van der Waals surface area contributed by atoms with E-state index in [4.69, 9.17) is 9.47 Å². The number of cyclic esters (lactones) is 1. The molecule has 2 rings (SSSR count). The zero-order valence-electron chi connectivity index (χ0n) is 9.48. The number of methoxy groups -OCH3 is 1. The molecular weight excluding hydrogens is 248 g/mol. The van der Waals surface area contributed by atoms with Crippen molar-refractivity contribution < 1.29 is 27.8 Å². The van der Waals surface area contributed by atoms with Crippen LogP contribution in [0.4, 0.5) is 13.6 Å². The van der Waals surface area contributed by atoms with Gasteiger partial charge in [0.2, 0.25) is 0 Å². The minimum Gasteiger partial charge on any atom is -0.493 e. The molecule has 1 heterocycles. The maximum Gasteiger partial charge on any atom is 0.407 e. The Bertz CT molecular complexity index is 453. The maximum absolute atomic E-state index is 12.2. The zero-order chi connectivity index (χ0) is 13.1. The fraction of sp³-hybridized carbons (Fsp3) is 0.364. The van der Waals surface area contributed by atoms with Crippen LogP contribution in [-0.2, 0) is 4.74 Å². The largest absolute Gasteiger partial charge is 0.493 e. The van der Waals surface area contributed by atoms with Gasteiger partial charge in [-0.05, 0) is 17.7 Å². The summed E-state index contributed by atoms with van der Waals surface area (Å²) >= 11 is 0. The van der Waals surface area contributed by atoms with Crippen molar-refractivity contribution in [3.63, 3.8) is 0 Å². The van der Waals surface area contributed by atoms with Crippen molar-refractivity contribution in [2.24, 2.45) is 0 Å². The molecule has 0 bridgehead atoms. The summed E-state index contributed by atoms with van der Waals surface area (Å²) in [5.41, 5.74) is 0.609. The fourth-order valence-corrected chi connectivity index (χ4v) is 1.66. The Hall–Kier alpha value is -2.05. The first-order valence-electron chi connectivity index (χ1n) is 5.16. The molecule has 0 saturated carbocycles. The second-order valence-corrected chi connectivity index (χ2v) is 3.58. The van der Waals surface area contributed by atoms with Gasteiger partial charge in [0.1, 0.15) is 6.61 Å². The molecule has 1 N–H and O–H groups in total. The molecule has 0 radical (unpaired) electrons. The number of carbonyl (C=O) groups excluding carboxylic acids is 1. The standard InChI is InChI=1S/C11H11F2NO4/c1-16-8-3-2-6(4-9(8)18-10(12)13)7-5-17-11(15)14-7/h2-4,7,10H,5H2,1H3,(H,14,15). The summed E-state index contributed by atoms with van der Waals surface area (Å²) in [6.45, 7) is -2.79. The van der Waals surface area contributed by atoms with Crippen LogP contribution in [0.1, 0.15) is 11.6 Å². The first kappa shape index (κ1) is 12.4. The topological polar surface area (TPSA) is 56.8 Å². The van der Waals surface area contributed by atoms with Crippen LogP contribution in [0.3, 0.4) is 0 Å². The Morgan fingerprint density at radius 3 is 2.78 bits per heavy atom. The van der Waals surface area contributed by atoms with Crippen LogP contribution in [0.2, 0.25) is 0 Å². The van der Waals surface area contributed by atoms with E-state index in [0.717, 1.165) is 0 Å². The van der Waals surface area contributed by atoms with Gasteiger partial charge in [-0.25, -0.2) is 4.79 Å². The number of nitrogens with one attached hydrogen (secondary N) is 1. The van der Waals surface area contributed by atoms with Crippen LogP contribution in [0.15, 0.2) is 18.2 Å². The lowest BCUT2D eigenvalue weighted by Gasteiger charge is -2.13. The molecule has 1 unspecified atom stereocenters. The van der Waals surface area contributed by atoms with Crippen LogP contribution < -0.4 is 14.8 Å². The van der Waals surface area contributed by atoms with E-state index in [9.17, 15) is 13.6 Å². The van der Waals surface area contributed by atoms with Crippen LogP contribution in [0, 0.1) is 0 Å². The van der Waals surface area contributed by atoms with E-state index in [0.29, 0.717) is 5.56 Å². The lowest BCUT2D eigenvalue weighted by molar-refractivity contribution is -0.0512. The Labute approximate surface area is 102 Å². The van der Waals surface area contributed by atoms with Crippen molar-refractivity contribution in [3.8, 4) is 11.5 Å². The third-order valence-corrected chi connectivity index (χ3v) is 2.48. The Morgan fingerprint density at radius 2 is 2.22 bits per heavy atom. The van der Waals surface area contributed by atoms with Crippen LogP contribution in [0.5, 0.6) is 11.5 Å². The molecule has 1 saturated heterocycles. The Balaban J connectivity index is 2.24. The average molecular weight is 259 g/mol. The third-order valence-electron chi connectivity index (χ3n) is 2.48. The number of alkyl halides is 2. The molecule has 1 amide bonds. The van der Waals surface area contributed by atoms with E-state index in [1.54, 1.807) is 6.07 Å². The molecule has 5 nitrogen and oxygen atoms in total. The van der Waals surface area contributed by atoms with Crippen LogP contribution in [0.25, 0.3) is 0 Å². The van der Waals surface area contributed by atoms with E-state index < -0.39 is 12.7 Å². The molecule has 18 heavy (non-hydrogen) atoms. The van der Waals surface area contributed by atoms with Crippen LogP contribution in [-0.4, -0.2) is 26.4 Å². The maximum atomic E-state index is 12.2. The van der Waals surface area contributed by atoms with Gasteiger partial charge in [0.25, 0.3) is 0 Å². The highest BCUT2D eigenvalue weighted by molar-refractivity contribution is 5.70. The van der Waals surface area contributed by atoms with Gasteiger partial charge in [0, 0.05) is 0 Å². The number of ether oxygens (including phenoxy) is 3. The van der Waals surface area contributed by atoms with E-state index in [-0.39, 0.29) is 24.1 Å². The van der Waals surface area contributed by atoms with Gasteiger partial charge in [-0.2, -0.15) is 8.78 Å². The molecular formula is C11H11F2NO4. The summed E-state index contributed by atoms with van der Waals surface area (Å²) in [6, 6.07) is 4.17. The second-order valence-electron chi connectivity index (χ2n) is 3.58. The van der Waals surface area contributed by atoms with Gasteiger partial charge in [-0.3, -0.25) is 0 Å². The summed E-state index contributed by atoms with van der Waals surface area (Å²) in [6.07, 6.45) is -0.535. The summed E-state index contributed by atoms with van der Waals surface area (Å²) in [4.78, 5) is 10.9. The molecule has 1 aromatic rings. The van der Waals surface area contributed by atoms with Gasteiger partial charge in [0.05, 0.1) is 13.2 Å². The van der Waals surface area contributed by atoms with Crippen molar-refractivity contribution in [1.29, 1.82) is 0 Å². The molecule has 0 aliphatic carbocycles. The first-order valence-corrected chi connectivity index (χ1v) is 5.16. The van der Waals surface area contributed by atoms with Gasteiger partial charge in [-0.15, -0.1) is 0 Å². The number of rotatable bonds is 4. The zero-order valence-corrected chi connectivity index (χ0v) is 9.48. The fourth-order valence-electron chi connectivity index (χ4n) is 1.66. The van der Waals surface area contributed by atoms with Crippen molar-refractivity contribution in [2.45, 2.75) is 12.7 Å². The lowest BCUT2D eigenvalue weighted by Crippen LogP contribution is -2.18. The monoisotopic (exact) mass is 259 g/mol. The van der Waals surface area contributed by atoms with Crippen molar-refractivity contribution in [1.82, 2.24) is 5.32 Å². The van der Waals surface area contributed by atoms with Crippen LogP contribution >= 0.6 is 0 Å². The van der Waals surface area contributed by atoms with E-state index in [1.807, 2.05) is 0 Å². The number of benzene rings is 1. The summed E-state index contributed by atoms with van der Waals surface area (Å²) in [7, 11) is 1.35. The third kappa shape index (κ3) is 2.61. The predicted molar refractivity (Wildman–Crippen MR) is 56.9 cm³/mol. The van der Waals surface area contributed by atoms with Crippen molar-refractivity contribution >= 4 is 6.09 Å². The normalized spacial score (nSPS) is 18.4. The van der Waals surface area contributed by atoms with E-state index in [2.05, 4.69) is 10.1 Å². The number of amides is 1. The number of hydrogen-bond acceptors (Lipinski definition) is 4. The van der Waals surface area contributed by atoms with Gasteiger partial charge >= 0.3 is 12.7 Å². The summed E-state index contributed by atoms with van der Waals surface area (Å²) in [5, 5.41) is 2.54. The molecule has 1 fully saturated rings. The lowest BCUT2D eigenvalue weighted by atomic mass is 10.1. The minimum absolute atomic E-state index is 0.0776. The number of alkyl carbamates (subject to hydrolysis) is 1. The molecule has 1 atom stereocenters. The second kappa shape index (κ2) is 5.07. The first-order chi connectivity index (χ1) is 8.60. The van der Waals surface area contributed by atoms with Gasteiger partial charge in [-0.1, -0.05) is 6.07 Å². The Morgan fingerprint density at radius 1 is 1.44 bits per heavy atom. The Kier molecular flexibility index (Phi) is 3.50. The molecule has 7 heteroatoms. The molecule has 0 aromatic heterocycles. The number of carbonyl (C=O) groups is 1. The molecule has 1 aliphatic rings. The summed E-state index contributed by atoms with van der Waals surface area (Å²) < 4.78 is 38.5. The molecule has 1 aliphatic heterocycles. The number of halogens is 2. The van der Waals surface area contributed by atoms with Crippen molar-refractivity contribution in [2.75, 3.05) is 13.7 Å². The molecule has 98 valence electrons. The smallest absolute Gasteiger partial charge is 0.407 e. The van der Waals surface area contributed by atoms with Gasteiger partial charge in [0.15, 0.2) is 11.5 Å². The SMILES string of the molecule is COc1ccc(C2COC(=O)N2)cc1OC(F)F. The van der Waals surface area contributed by atoms with E-state index >= 15 is 0 Å². The highest BCUT2D eigenvalue weighted by Crippen LogP contribution is 2.32. The minimum atomic E-state index is -2.94. The van der Waals surface area contributed by atoms with E-state index in [1.165, 1.54) is 19.2 Å². The highest BCUT2D eigenvalue weighted by atomic mass is 19.3. The van der Waals surface area contributed by atoms with Crippen molar-refractivity contribution in [3.05, 3.63) is 23.8 Å². The summed E-state index contributed by atoms with van der Waals surface area (Å²) in [5.74, 6) is 0.121.